The first-order chi connectivity index (χ1) is 11.4. The summed E-state index contributed by atoms with van der Waals surface area (Å²) >= 11 is 0. The minimum Gasteiger partial charge on any atom is -0.487 e. The number of hydrogen-bond acceptors (Lipinski definition) is 4. The molecule has 1 N–H and O–H groups in total. The van der Waals surface area contributed by atoms with Crippen molar-refractivity contribution in [3.05, 3.63) is 59.2 Å². The van der Waals surface area contributed by atoms with E-state index < -0.39 is 5.60 Å². The Morgan fingerprint density at radius 1 is 1.21 bits per heavy atom. The maximum absolute atomic E-state index is 12.4. The fraction of sp³-hybridized carbons (Fsp3) is 0.211. The van der Waals surface area contributed by atoms with E-state index in [1.165, 1.54) is 0 Å². The minimum absolute atomic E-state index is 0.0331. The Labute approximate surface area is 139 Å². The largest absolute Gasteiger partial charge is 0.487 e. The van der Waals surface area contributed by atoms with E-state index in [1.807, 2.05) is 19.9 Å². The zero-order valence-electron chi connectivity index (χ0n) is 13.4. The van der Waals surface area contributed by atoms with E-state index >= 15 is 0 Å². The van der Waals surface area contributed by atoms with Crippen LogP contribution in [0.2, 0.25) is 0 Å². The van der Waals surface area contributed by atoms with E-state index in [4.69, 9.17) is 10.00 Å². The Hall–Kier alpha value is -3.13. The van der Waals surface area contributed by atoms with E-state index in [9.17, 15) is 9.59 Å². The number of amides is 1. The van der Waals surface area contributed by atoms with E-state index in [1.54, 1.807) is 42.5 Å². The van der Waals surface area contributed by atoms with Crippen LogP contribution in [0.1, 0.15) is 46.5 Å². The van der Waals surface area contributed by atoms with E-state index in [0.29, 0.717) is 28.1 Å². The topological polar surface area (TPSA) is 79.2 Å². The summed E-state index contributed by atoms with van der Waals surface area (Å²) in [7, 11) is 0. The van der Waals surface area contributed by atoms with Crippen LogP contribution in [0.25, 0.3) is 0 Å². The molecule has 24 heavy (non-hydrogen) atoms. The van der Waals surface area contributed by atoms with Gasteiger partial charge in [0.2, 0.25) is 0 Å². The highest BCUT2D eigenvalue weighted by molar-refractivity contribution is 6.07. The Morgan fingerprint density at radius 3 is 2.58 bits per heavy atom. The second kappa shape index (κ2) is 5.82. The maximum Gasteiger partial charge on any atom is 0.255 e. The van der Waals surface area contributed by atoms with Gasteiger partial charge in [-0.2, -0.15) is 5.26 Å². The molecular formula is C19H16N2O3. The van der Waals surface area contributed by atoms with Crippen molar-refractivity contribution in [3.8, 4) is 11.8 Å². The molecule has 0 saturated carbocycles. The first-order valence-electron chi connectivity index (χ1n) is 7.56. The summed E-state index contributed by atoms with van der Waals surface area (Å²) in [6.07, 6.45) is 0.278. The van der Waals surface area contributed by atoms with Gasteiger partial charge in [-0.3, -0.25) is 9.59 Å². The predicted molar refractivity (Wildman–Crippen MR) is 89.2 cm³/mol. The summed E-state index contributed by atoms with van der Waals surface area (Å²) in [6.45, 7) is 3.72. The number of hydrogen-bond donors (Lipinski definition) is 1. The average molecular weight is 320 g/mol. The summed E-state index contributed by atoms with van der Waals surface area (Å²) < 4.78 is 5.79. The van der Waals surface area contributed by atoms with E-state index in [0.717, 1.165) is 0 Å². The lowest BCUT2D eigenvalue weighted by atomic mass is 9.92. The lowest BCUT2D eigenvalue weighted by molar-refractivity contribution is 0.0620. The summed E-state index contributed by atoms with van der Waals surface area (Å²) in [4.78, 5) is 24.6. The number of carbonyl (C=O) groups excluding carboxylic acids is 2. The fourth-order valence-electron chi connectivity index (χ4n) is 2.63. The van der Waals surface area contributed by atoms with E-state index in [2.05, 4.69) is 5.32 Å². The smallest absolute Gasteiger partial charge is 0.255 e. The van der Waals surface area contributed by atoms with Crippen molar-refractivity contribution in [2.45, 2.75) is 25.9 Å². The lowest BCUT2D eigenvalue weighted by Gasteiger charge is -2.31. The highest BCUT2D eigenvalue weighted by atomic mass is 16.5. The molecule has 120 valence electrons. The number of benzene rings is 2. The summed E-state index contributed by atoms with van der Waals surface area (Å²) in [6, 6.07) is 13.4. The number of carbonyl (C=O) groups is 2. The third-order valence-corrected chi connectivity index (χ3v) is 3.79. The number of Topliss-reactive ketones (excluding diaryl/α,β-unsaturated/α-hetero) is 1. The fourth-order valence-corrected chi connectivity index (χ4v) is 2.63. The van der Waals surface area contributed by atoms with Crippen molar-refractivity contribution in [3.63, 3.8) is 0 Å². The molecule has 1 heterocycles. The second-order valence-corrected chi connectivity index (χ2v) is 6.32. The highest BCUT2D eigenvalue weighted by Gasteiger charge is 2.32. The van der Waals surface area contributed by atoms with Gasteiger partial charge in [-0.1, -0.05) is 0 Å². The molecule has 2 aromatic rings. The van der Waals surface area contributed by atoms with Gasteiger partial charge in [0.25, 0.3) is 5.91 Å². The lowest BCUT2D eigenvalue weighted by Crippen LogP contribution is -2.36. The van der Waals surface area contributed by atoms with Crippen molar-refractivity contribution in [2.24, 2.45) is 0 Å². The number of nitrogens with zero attached hydrogens (tertiary/aromatic N) is 1. The molecule has 0 radical (unpaired) electrons. The molecule has 0 unspecified atom stereocenters. The average Bonchev–Trinajstić information content (AvgIpc) is 2.54. The normalized spacial score (nSPS) is 15.0. The number of nitrogens with one attached hydrogen (secondary N) is 1. The predicted octanol–water partition coefficient (Wildman–Crippen LogP) is 3.55. The maximum atomic E-state index is 12.4. The van der Waals surface area contributed by atoms with Crippen molar-refractivity contribution in [2.75, 3.05) is 5.32 Å². The molecule has 5 heteroatoms. The Morgan fingerprint density at radius 2 is 1.92 bits per heavy atom. The molecule has 1 aliphatic heterocycles. The second-order valence-electron chi connectivity index (χ2n) is 6.32. The van der Waals surface area contributed by atoms with Crippen molar-refractivity contribution >= 4 is 17.4 Å². The van der Waals surface area contributed by atoms with Crippen LogP contribution in [0.15, 0.2) is 42.5 Å². The Balaban J connectivity index is 1.82. The molecule has 0 saturated heterocycles. The third kappa shape index (κ3) is 3.13. The van der Waals surface area contributed by atoms with Gasteiger partial charge in [-0.25, -0.2) is 0 Å². The number of fused-ring (bicyclic) bond motifs is 1. The molecule has 0 aromatic heterocycles. The number of nitriles is 1. The van der Waals surface area contributed by atoms with Gasteiger partial charge in [0.15, 0.2) is 5.78 Å². The molecule has 5 nitrogen and oxygen atoms in total. The zero-order valence-corrected chi connectivity index (χ0v) is 13.4. The van der Waals surface area contributed by atoms with Gasteiger partial charge in [0.05, 0.1) is 23.6 Å². The van der Waals surface area contributed by atoms with Crippen LogP contribution in [0.3, 0.4) is 0 Å². The Bertz CT molecular complexity index is 861. The number of rotatable bonds is 2. The van der Waals surface area contributed by atoms with Crippen molar-refractivity contribution in [1.29, 1.82) is 5.26 Å². The van der Waals surface area contributed by atoms with Gasteiger partial charge in [0.1, 0.15) is 11.4 Å². The summed E-state index contributed by atoms with van der Waals surface area (Å²) in [5.74, 6) is 0.153. The number of ketones is 1. The number of ether oxygens (including phenoxy) is 1. The van der Waals surface area contributed by atoms with Crippen LogP contribution < -0.4 is 10.1 Å². The quantitative estimate of drug-likeness (QED) is 0.917. The molecule has 1 aliphatic rings. The molecule has 0 aliphatic carbocycles. The standard InChI is InChI=1S/C19H16N2O3/c1-19(2)10-16(22)15-9-13(5-8-17(15)24-19)18(23)21-14-6-3-12(11-20)4-7-14/h3-9H,10H2,1-2H3,(H,21,23). The first kappa shape index (κ1) is 15.8. The number of anilines is 1. The van der Waals surface area contributed by atoms with Crippen LogP contribution in [0.4, 0.5) is 5.69 Å². The first-order valence-corrected chi connectivity index (χ1v) is 7.56. The van der Waals surface area contributed by atoms with Crippen LogP contribution in [-0.4, -0.2) is 17.3 Å². The van der Waals surface area contributed by atoms with Crippen molar-refractivity contribution < 1.29 is 14.3 Å². The minimum atomic E-state index is -0.531. The highest BCUT2D eigenvalue weighted by Crippen LogP contribution is 2.33. The molecule has 0 bridgehead atoms. The van der Waals surface area contributed by atoms with Gasteiger partial charge < -0.3 is 10.1 Å². The molecule has 2 aromatic carbocycles. The van der Waals surface area contributed by atoms with Crippen LogP contribution in [0, 0.1) is 11.3 Å². The van der Waals surface area contributed by atoms with Crippen LogP contribution >= 0.6 is 0 Å². The molecule has 0 fully saturated rings. The van der Waals surface area contributed by atoms with Crippen LogP contribution in [-0.2, 0) is 0 Å². The molecule has 0 atom stereocenters. The third-order valence-electron chi connectivity index (χ3n) is 3.79. The van der Waals surface area contributed by atoms with E-state index in [-0.39, 0.29) is 18.1 Å². The van der Waals surface area contributed by atoms with Crippen LogP contribution in [0.5, 0.6) is 5.75 Å². The molecule has 0 spiro atoms. The SMILES string of the molecule is CC1(C)CC(=O)c2cc(C(=O)Nc3ccc(C#N)cc3)ccc2O1. The Kier molecular flexibility index (Phi) is 3.82. The molecule has 3 rings (SSSR count). The zero-order chi connectivity index (χ0) is 17.3. The molecule has 1 amide bonds. The van der Waals surface area contributed by atoms with Gasteiger partial charge in [-0.15, -0.1) is 0 Å². The molecular weight excluding hydrogens is 304 g/mol. The summed E-state index contributed by atoms with van der Waals surface area (Å²) in [5.41, 5.74) is 1.39. The van der Waals surface area contributed by atoms with Gasteiger partial charge >= 0.3 is 0 Å². The summed E-state index contributed by atoms with van der Waals surface area (Å²) in [5, 5.41) is 11.5. The monoisotopic (exact) mass is 320 g/mol. The van der Waals surface area contributed by atoms with Crippen molar-refractivity contribution in [1.82, 2.24) is 0 Å². The van der Waals surface area contributed by atoms with Gasteiger partial charge in [-0.05, 0) is 56.3 Å². The van der Waals surface area contributed by atoms with Gasteiger partial charge in [0, 0.05) is 11.3 Å².